The summed E-state index contributed by atoms with van der Waals surface area (Å²) in [6.45, 7) is 8.10. The Morgan fingerprint density at radius 2 is 1.91 bits per heavy atom. The molecule has 174 valence electrons. The summed E-state index contributed by atoms with van der Waals surface area (Å²) in [5.41, 5.74) is 2.68. The molecular weight excluding hydrogens is 432 g/mol. The van der Waals surface area contributed by atoms with Gasteiger partial charge in [0.2, 0.25) is 5.91 Å². The minimum atomic E-state index is 0.130. The van der Waals surface area contributed by atoms with Gasteiger partial charge in [-0.3, -0.25) is 9.36 Å². The van der Waals surface area contributed by atoms with E-state index < -0.39 is 0 Å². The molecule has 1 atom stereocenters. The van der Waals surface area contributed by atoms with Gasteiger partial charge in [0.25, 0.3) is 0 Å². The fraction of sp³-hybridized carbons (Fsp3) is 0.500. The molecule has 1 saturated carbocycles. The number of nitrogens with zero attached hydrogens (tertiary/aromatic N) is 4. The van der Waals surface area contributed by atoms with Crippen LogP contribution in [0.15, 0.2) is 52.2 Å². The van der Waals surface area contributed by atoms with Crippen molar-refractivity contribution >= 4 is 17.7 Å². The zero-order valence-corrected chi connectivity index (χ0v) is 20.5. The third-order valence-electron chi connectivity index (χ3n) is 6.64. The molecule has 3 aromatic rings. The highest BCUT2D eigenvalue weighted by Crippen LogP contribution is 2.40. The first kappa shape index (κ1) is 22.3. The van der Waals surface area contributed by atoms with Crippen molar-refractivity contribution in [2.24, 2.45) is 0 Å². The van der Waals surface area contributed by atoms with E-state index in [4.69, 9.17) is 4.42 Å². The van der Waals surface area contributed by atoms with Crippen LogP contribution in [0.2, 0.25) is 0 Å². The molecule has 0 radical (unpaired) electrons. The van der Waals surface area contributed by atoms with Crippen LogP contribution >= 0.6 is 11.8 Å². The molecule has 7 heteroatoms. The summed E-state index contributed by atoms with van der Waals surface area (Å²) < 4.78 is 7.68. The molecular formula is C26H32N4O2S. The smallest absolute Gasteiger partial charge is 0.233 e. The Labute approximate surface area is 199 Å². The number of carbonyl (C=O) groups excluding carboxylic acids is 1. The number of likely N-dealkylation sites (tertiary alicyclic amines) is 1. The highest BCUT2D eigenvalue weighted by molar-refractivity contribution is 7.99. The number of hydrogen-bond donors (Lipinski definition) is 0. The molecule has 1 aliphatic carbocycles. The minimum absolute atomic E-state index is 0.130. The van der Waals surface area contributed by atoms with Crippen molar-refractivity contribution in [3.63, 3.8) is 0 Å². The predicted octanol–water partition coefficient (Wildman–Crippen LogP) is 5.55. The van der Waals surface area contributed by atoms with Crippen LogP contribution in [0, 0.1) is 0 Å². The van der Waals surface area contributed by atoms with Crippen LogP contribution in [-0.4, -0.2) is 37.9 Å². The van der Waals surface area contributed by atoms with Crippen LogP contribution in [0.5, 0.6) is 0 Å². The molecule has 33 heavy (non-hydrogen) atoms. The van der Waals surface area contributed by atoms with Crippen LogP contribution in [0.3, 0.4) is 0 Å². The molecule has 0 bridgehead atoms. The summed E-state index contributed by atoms with van der Waals surface area (Å²) >= 11 is 1.49. The van der Waals surface area contributed by atoms with Gasteiger partial charge in [0.15, 0.2) is 5.16 Å². The number of furan rings is 1. The summed E-state index contributed by atoms with van der Waals surface area (Å²) in [7, 11) is 0. The average Bonchev–Trinajstić information content (AvgIpc) is 3.19. The molecule has 0 spiro atoms. The molecule has 1 aliphatic heterocycles. The summed E-state index contributed by atoms with van der Waals surface area (Å²) in [6, 6.07) is 12.8. The summed E-state index contributed by atoms with van der Waals surface area (Å²) in [6.07, 6.45) is 6.06. The number of amides is 1. The van der Waals surface area contributed by atoms with E-state index in [9.17, 15) is 4.79 Å². The Balaban J connectivity index is 1.27. The van der Waals surface area contributed by atoms with E-state index >= 15 is 0 Å². The Morgan fingerprint density at radius 1 is 1.12 bits per heavy atom. The Hall–Kier alpha value is -2.54. The highest BCUT2D eigenvalue weighted by atomic mass is 32.2. The largest absolute Gasteiger partial charge is 0.467 e. The summed E-state index contributed by atoms with van der Waals surface area (Å²) in [5, 5.41) is 9.68. The first-order valence-corrected chi connectivity index (χ1v) is 12.9. The molecule has 1 aromatic carbocycles. The molecule has 0 N–H and O–H groups in total. The van der Waals surface area contributed by atoms with Crippen molar-refractivity contribution in [2.75, 3.05) is 12.3 Å². The topological polar surface area (TPSA) is 64.2 Å². The second-order valence-electron chi connectivity index (χ2n) is 10.2. The van der Waals surface area contributed by atoms with Crippen molar-refractivity contribution in [1.29, 1.82) is 0 Å². The van der Waals surface area contributed by atoms with E-state index in [1.807, 2.05) is 17.0 Å². The van der Waals surface area contributed by atoms with E-state index in [1.54, 1.807) is 6.26 Å². The van der Waals surface area contributed by atoms with Gasteiger partial charge >= 0.3 is 0 Å². The highest BCUT2D eigenvalue weighted by Gasteiger charge is 2.33. The van der Waals surface area contributed by atoms with Gasteiger partial charge in [-0.1, -0.05) is 56.8 Å². The van der Waals surface area contributed by atoms with E-state index in [-0.39, 0.29) is 17.4 Å². The van der Waals surface area contributed by atoms with Gasteiger partial charge < -0.3 is 9.32 Å². The number of thioether (sulfide) groups is 1. The van der Waals surface area contributed by atoms with Crippen LogP contribution in [0.4, 0.5) is 0 Å². The van der Waals surface area contributed by atoms with E-state index in [2.05, 4.69) is 59.8 Å². The first-order valence-electron chi connectivity index (χ1n) is 11.9. The third-order valence-corrected chi connectivity index (χ3v) is 7.59. The zero-order valence-electron chi connectivity index (χ0n) is 19.7. The Bertz CT molecular complexity index is 1090. The van der Waals surface area contributed by atoms with Gasteiger partial charge in [0, 0.05) is 12.5 Å². The fourth-order valence-corrected chi connectivity index (χ4v) is 5.41. The van der Waals surface area contributed by atoms with Gasteiger partial charge in [-0.2, -0.15) is 0 Å². The molecule has 5 rings (SSSR count). The fourth-order valence-electron chi connectivity index (χ4n) is 4.58. The van der Waals surface area contributed by atoms with Gasteiger partial charge in [-0.15, -0.1) is 10.2 Å². The molecule has 2 aromatic heterocycles. The molecule has 1 saturated heterocycles. The number of hydrogen-bond acceptors (Lipinski definition) is 5. The number of benzene rings is 1. The van der Waals surface area contributed by atoms with E-state index in [0.29, 0.717) is 18.2 Å². The van der Waals surface area contributed by atoms with Crippen molar-refractivity contribution in [2.45, 2.75) is 75.5 Å². The molecule has 1 unspecified atom stereocenters. The minimum Gasteiger partial charge on any atom is -0.467 e. The molecule has 1 amide bonds. The van der Waals surface area contributed by atoms with Crippen LogP contribution < -0.4 is 0 Å². The summed E-state index contributed by atoms with van der Waals surface area (Å²) in [4.78, 5) is 15.3. The van der Waals surface area contributed by atoms with Crippen molar-refractivity contribution in [3.8, 4) is 0 Å². The standard InChI is InChI=1S/C26H32N4O2S/c1-26(2,3)20-12-10-18(11-13-20)22-7-4-14-29(22)23(31)17-33-25-28-27-24(19-8-9-19)30(25)16-21-6-5-15-32-21/h5-6,10-13,15,19,22H,4,7-9,14,16-17H2,1-3H3. The van der Waals surface area contributed by atoms with Crippen LogP contribution in [-0.2, 0) is 16.8 Å². The van der Waals surface area contributed by atoms with Gasteiger partial charge in [-0.05, 0) is 54.4 Å². The lowest BCUT2D eigenvalue weighted by Crippen LogP contribution is -2.32. The lowest BCUT2D eigenvalue weighted by molar-refractivity contribution is -0.129. The van der Waals surface area contributed by atoms with Crippen LogP contribution in [0.1, 0.15) is 81.1 Å². The van der Waals surface area contributed by atoms with Crippen LogP contribution in [0.25, 0.3) is 0 Å². The maximum absolute atomic E-state index is 13.2. The Kier molecular flexibility index (Phi) is 6.08. The Morgan fingerprint density at radius 3 is 2.58 bits per heavy atom. The number of rotatable bonds is 7. The quantitative estimate of drug-likeness (QED) is 0.429. The van der Waals surface area contributed by atoms with Gasteiger partial charge in [0.05, 0.1) is 24.6 Å². The second kappa shape index (κ2) is 9.01. The predicted molar refractivity (Wildman–Crippen MR) is 129 cm³/mol. The van der Waals surface area contributed by atoms with E-state index in [0.717, 1.165) is 49.0 Å². The number of carbonyl (C=O) groups is 1. The van der Waals surface area contributed by atoms with Gasteiger partial charge in [-0.25, -0.2) is 0 Å². The normalized spacial score (nSPS) is 18.8. The monoisotopic (exact) mass is 464 g/mol. The SMILES string of the molecule is CC(C)(C)c1ccc(C2CCCN2C(=O)CSc2nnc(C3CC3)n2Cc2ccco2)cc1. The maximum atomic E-state index is 13.2. The molecule has 2 fully saturated rings. The van der Waals surface area contributed by atoms with Crippen molar-refractivity contribution in [3.05, 3.63) is 65.4 Å². The molecule has 3 heterocycles. The van der Waals surface area contributed by atoms with Crippen molar-refractivity contribution < 1.29 is 9.21 Å². The molecule has 6 nitrogen and oxygen atoms in total. The summed E-state index contributed by atoms with van der Waals surface area (Å²) in [5.74, 6) is 2.92. The maximum Gasteiger partial charge on any atom is 0.233 e. The molecule has 2 aliphatic rings. The zero-order chi connectivity index (χ0) is 23.0. The van der Waals surface area contributed by atoms with Gasteiger partial charge in [0.1, 0.15) is 11.6 Å². The third kappa shape index (κ3) is 4.88. The number of aromatic nitrogens is 3. The average molecular weight is 465 g/mol. The first-order chi connectivity index (χ1) is 15.9. The van der Waals surface area contributed by atoms with E-state index in [1.165, 1.54) is 22.9 Å². The second-order valence-corrected chi connectivity index (χ2v) is 11.1. The lowest BCUT2D eigenvalue weighted by atomic mass is 9.86. The lowest BCUT2D eigenvalue weighted by Gasteiger charge is -2.26. The van der Waals surface area contributed by atoms with Crippen molar-refractivity contribution in [1.82, 2.24) is 19.7 Å².